The molecule has 0 aromatic heterocycles. The average Bonchev–Trinajstić information content (AvgIpc) is 2.49. The summed E-state index contributed by atoms with van der Waals surface area (Å²) in [4.78, 5) is 11.9. The SMILES string of the molecule is CCOC(=O)C1(C)Oc2ccccc2C1(O)Br. The van der Waals surface area contributed by atoms with E-state index in [1.165, 1.54) is 6.92 Å². The predicted octanol–water partition coefficient (Wildman–Crippen LogP) is 1.94. The summed E-state index contributed by atoms with van der Waals surface area (Å²) in [6.45, 7) is 3.44. The topological polar surface area (TPSA) is 55.8 Å². The van der Waals surface area contributed by atoms with Gasteiger partial charge in [0.2, 0.25) is 5.60 Å². The van der Waals surface area contributed by atoms with Crippen LogP contribution in [0.4, 0.5) is 0 Å². The summed E-state index contributed by atoms with van der Waals surface area (Å²) in [5.41, 5.74) is -0.956. The van der Waals surface area contributed by atoms with Crippen molar-refractivity contribution in [3.63, 3.8) is 0 Å². The van der Waals surface area contributed by atoms with Crippen LogP contribution in [-0.4, -0.2) is 23.3 Å². The Hall–Kier alpha value is -1.07. The summed E-state index contributed by atoms with van der Waals surface area (Å²) in [7, 11) is 0. The Balaban J connectivity index is 2.45. The highest BCUT2D eigenvalue weighted by atomic mass is 79.9. The van der Waals surface area contributed by atoms with Gasteiger partial charge in [0.15, 0.2) is 4.51 Å². The van der Waals surface area contributed by atoms with Crippen LogP contribution in [-0.2, 0) is 14.0 Å². The maximum absolute atomic E-state index is 11.9. The van der Waals surface area contributed by atoms with Crippen LogP contribution in [0, 0.1) is 0 Å². The van der Waals surface area contributed by atoms with Crippen molar-refractivity contribution in [1.82, 2.24) is 0 Å². The van der Waals surface area contributed by atoms with Crippen LogP contribution >= 0.6 is 15.9 Å². The van der Waals surface area contributed by atoms with Crippen molar-refractivity contribution in [2.75, 3.05) is 6.61 Å². The molecule has 1 N–H and O–H groups in total. The molecule has 0 saturated carbocycles. The molecule has 4 nitrogen and oxygen atoms in total. The normalized spacial score (nSPS) is 30.6. The van der Waals surface area contributed by atoms with E-state index in [9.17, 15) is 9.90 Å². The zero-order chi connectivity index (χ0) is 12.7. The second-order valence-corrected chi connectivity index (χ2v) is 5.12. The van der Waals surface area contributed by atoms with E-state index in [0.29, 0.717) is 11.3 Å². The number of halogens is 1. The lowest BCUT2D eigenvalue weighted by Crippen LogP contribution is -2.52. The third-order valence-corrected chi connectivity index (χ3v) is 4.04. The Morgan fingerprint density at radius 1 is 1.53 bits per heavy atom. The first-order valence-electron chi connectivity index (χ1n) is 5.30. The molecular formula is C12H13BrO4. The van der Waals surface area contributed by atoms with E-state index in [4.69, 9.17) is 9.47 Å². The largest absolute Gasteiger partial charge is 0.471 e. The Labute approximate surface area is 108 Å². The number of hydrogen-bond donors (Lipinski definition) is 1. The number of fused-ring (bicyclic) bond motifs is 1. The third-order valence-electron chi connectivity index (χ3n) is 2.86. The molecule has 0 aliphatic carbocycles. The standard InChI is InChI=1S/C12H13BrO4/c1-3-16-10(14)11(2)12(13,15)8-6-4-5-7-9(8)17-11/h4-7,15H,3H2,1-2H3. The van der Waals surface area contributed by atoms with Crippen LogP contribution in [0.25, 0.3) is 0 Å². The van der Waals surface area contributed by atoms with E-state index < -0.39 is 16.1 Å². The molecule has 1 aromatic carbocycles. The van der Waals surface area contributed by atoms with E-state index >= 15 is 0 Å². The Morgan fingerprint density at radius 2 is 2.18 bits per heavy atom. The number of aliphatic hydroxyl groups is 1. The molecule has 2 unspecified atom stereocenters. The molecule has 1 aliphatic heterocycles. The molecule has 0 saturated heterocycles. The van der Waals surface area contributed by atoms with Crippen LogP contribution < -0.4 is 4.74 Å². The van der Waals surface area contributed by atoms with Crippen LogP contribution in [0.15, 0.2) is 24.3 Å². The summed E-state index contributed by atoms with van der Waals surface area (Å²) < 4.78 is 8.91. The van der Waals surface area contributed by atoms with Crippen molar-refractivity contribution in [3.05, 3.63) is 29.8 Å². The van der Waals surface area contributed by atoms with Crippen molar-refractivity contribution in [3.8, 4) is 5.75 Å². The van der Waals surface area contributed by atoms with Gasteiger partial charge < -0.3 is 14.6 Å². The lowest BCUT2D eigenvalue weighted by Gasteiger charge is -2.31. The molecular weight excluding hydrogens is 288 g/mol. The van der Waals surface area contributed by atoms with Gasteiger partial charge in [-0.2, -0.15) is 0 Å². The zero-order valence-electron chi connectivity index (χ0n) is 9.57. The first-order valence-corrected chi connectivity index (χ1v) is 6.10. The molecule has 2 rings (SSSR count). The smallest absolute Gasteiger partial charge is 0.354 e. The zero-order valence-corrected chi connectivity index (χ0v) is 11.2. The minimum atomic E-state index is -1.58. The van der Waals surface area contributed by atoms with Gasteiger partial charge >= 0.3 is 5.97 Å². The van der Waals surface area contributed by atoms with E-state index in [1.807, 2.05) is 0 Å². The minimum Gasteiger partial charge on any atom is -0.471 e. The van der Waals surface area contributed by atoms with Crippen molar-refractivity contribution < 1.29 is 19.4 Å². The number of benzene rings is 1. The maximum Gasteiger partial charge on any atom is 0.354 e. The van der Waals surface area contributed by atoms with Crippen LogP contribution in [0.5, 0.6) is 5.75 Å². The van der Waals surface area contributed by atoms with Gasteiger partial charge in [0.1, 0.15) is 5.75 Å². The Bertz CT molecular complexity index is 458. The Kier molecular flexibility index (Phi) is 2.91. The highest BCUT2D eigenvalue weighted by molar-refractivity contribution is 9.09. The number of ether oxygens (including phenoxy) is 2. The second kappa shape index (κ2) is 3.99. The molecule has 92 valence electrons. The van der Waals surface area contributed by atoms with Crippen molar-refractivity contribution in [2.45, 2.75) is 24.0 Å². The van der Waals surface area contributed by atoms with E-state index in [2.05, 4.69) is 15.9 Å². The van der Waals surface area contributed by atoms with Gasteiger partial charge in [0.25, 0.3) is 0 Å². The molecule has 0 bridgehead atoms. The number of rotatable bonds is 2. The first-order chi connectivity index (χ1) is 7.93. The summed E-state index contributed by atoms with van der Waals surface area (Å²) in [6, 6.07) is 6.95. The van der Waals surface area contributed by atoms with Gasteiger partial charge in [-0.3, -0.25) is 0 Å². The molecule has 0 amide bonds. The van der Waals surface area contributed by atoms with Gasteiger partial charge in [-0.05, 0) is 35.8 Å². The highest BCUT2D eigenvalue weighted by Gasteiger charge is 2.61. The van der Waals surface area contributed by atoms with Crippen LogP contribution in [0.1, 0.15) is 19.4 Å². The number of alkyl halides is 1. The predicted molar refractivity (Wildman–Crippen MR) is 64.9 cm³/mol. The number of hydrogen-bond acceptors (Lipinski definition) is 4. The van der Waals surface area contributed by atoms with Gasteiger partial charge in [0.05, 0.1) is 6.61 Å². The number of para-hydroxylation sites is 1. The van der Waals surface area contributed by atoms with Crippen LogP contribution in [0.2, 0.25) is 0 Å². The fourth-order valence-electron chi connectivity index (χ4n) is 1.82. The van der Waals surface area contributed by atoms with Gasteiger partial charge in [-0.1, -0.05) is 18.2 Å². The van der Waals surface area contributed by atoms with Crippen LogP contribution in [0.3, 0.4) is 0 Å². The minimum absolute atomic E-state index is 0.233. The fourth-order valence-corrected chi connectivity index (χ4v) is 2.39. The van der Waals surface area contributed by atoms with Crippen molar-refractivity contribution >= 4 is 21.9 Å². The molecule has 1 heterocycles. The van der Waals surface area contributed by atoms with Crippen molar-refractivity contribution in [2.24, 2.45) is 0 Å². The summed E-state index contributed by atoms with van der Waals surface area (Å²) in [5, 5.41) is 10.5. The molecule has 2 atom stereocenters. The van der Waals surface area contributed by atoms with E-state index in [0.717, 1.165) is 0 Å². The fraction of sp³-hybridized carbons (Fsp3) is 0.417. The lowest BCUT2D eigenvalue weighted by atomic mass is 9.95. The molecule has 0 radical (unpaired) electrons. The molecule has 1 aliphatic rings. The molecule has 0 fully saturated rings. The molecule has 17 heavy (non-hydrogen) atoms. The summed E-state index contributed by atoms with van der Waals surface area (Å²) in [5.74, 6) is -0.127. The Morgan fingerprint density at radius 3 is 2.76 bits per heavy atom. The van der Waals surface area contributed by atoms with Gasteiger partial charge in [-0.25, -0.2) is 4.79 Å². The van der Waals surface area contributed by atoms with E-state index in [-0.39, 0.29) is 6.61 Å². The second-order valence-electron chi connectivity index (χ2n) is 3.97. The summed E-state index contributed by atoms with van der Waals surface area (Å²) >= 11 is 3.16. The summed E-state index contributed by atoms with van der Waals surface area (Å²) in [6.07, 6.45) is 0. The number of esters is 1. The van der Waals surface area contributed by atoms with Gasteiger partial charge in [0, 0.05) is 5.56 Å². The average molecular weight is 301 g/mol. The lowest BCUT2D eigenvalue weighted by molar-refractivity contribution is -0.169. The van der Waals surface area contributed by atoms with E-state index in [1.54, 1.807) is 31.2 Å². The van der Waals surface area contributed by atoms with Gasteiger partial charge in [-0.15, -0.1) is 0 Å². The monoisotopic (exact) mass is 300 g/mol. The quantitative estimate of drug-likeness (QED) is 0.670. The molecule has 5 heteroatoms. The molecule has 0 spiro atoms. The third kappa shape index (κ3) is 1.65. The maximum atomic E-state index is 11.9. The van der Waals surface area contributed by atoms with Crippen molar-refractivity contribution in [1.29, 1.82) is 0 Å². The molecule has 1 aromatic rings. The number of carbonyl (C=O) groups excluding carboxylic acids is 1. The first kappa shape index (κ1) is 12.4. The highest BCUT2D eigenvalue weighted by Crippen LogP contribution is 2.51. The number of carbonyl (C=O) groups is 1.